The Hall–Kier alpha value is -1.88. The van der Waals surface area contributed by atoms with E-state index < -0.39 is 17.5 Å². The van der Waals surface area contributed by atoms with Crippen LogP contribution in [-0.2, 0) is 16.1 Å². The van der Waals surface area contributed by atoms with Gasteiger partial charge in [-0.3, -0.25) is 4.79 Å². The van der Waals surface area contributed by atoms with Crippen molar-refractivity contribution in [1.82, 2.24) is 4.90 Å². The molecular weight excluding hydrogens is 222 g/mol. The maximum Gasteiger partial charge on any atom is 0.345 e. The van der Waals surface area contributed by atoms with Crippen molar-refractivity contribution in [3.8, 4) is 0 Å². The number of carbonyl (C=O) groups is 2. The van der Waals surface area contributed by atoms with Crippen LogP contribution in [0.2, 0.25) is 0 Å². The van der Waals surface area contributed by atoms with Gasteiger partial charge in [-0.1, -0.05) is 30.3 Å². The standard InChI is InChI=1S/C12H13NO4/c14-10-12(17,11(15)16)6-7-13(10)8-9-4-2-1-3-5-9/h1-5,17H,6-8H2,(H,15,16). The van der Waals surface area contributed by atoms with Crippen molar-refractivity contribution in [3.63, 3.8) is 0 Å². The average molecular weight is 235 g/mol. The van der Waals surface area contributed by atoms with Gasteiger partial charge in [0.05, 0.1) is 0 Å². The Morgan fingerprint density at radius 1 is 1.35 bits per heavy atom. The highest BCUT2D eigenvalue weighted by atomic mass is 16.4. The van der Waals surface area contributed by atoms with Crippen LogP contribution in [0.25, 0.3) is 0 Å². The molecule has 1 saturated heterocycles. The van der Waals surface area contributed by atoms with Gasteiger partial charge in [0.25, 0.3) is 5.91 Å². The molecule has 17 heavy (non-hydrogen) atoms. The largest absolute Gasteiger partial charge is 0.479 e. The summed E-state index contributed by atoms with van der Waals surface area (Å²) in [5, 5.41) is 18.5. The number of aliphatic carboxylic acids is 1. The lowest BCUT2D eigenvalue weighted by atomic mass is 10.0. The minimum absolute atomic E-state index is 0.0615. The Labute approximate surface area is 98.3 Å². The second-order valence-corrected chi connectivity index (χ2v) is 4.13. The predicted molar refractivity (Wildman–Crippen MR) is 59.1 cm³/mol. The number of nitrogens with zero attached hydrogens (tertiary/aromatic N) is 1. The average Bonchev–Trinajstić information content (AvgIpc) is 2.60. The van der Waals surface area contributed by atoms with E-state index in [0.717, 1.165) is 5.56 Å². The first-order valence-electron chi connectivity index (χ1n) is 5.33. The minimum Gasteiger partial charge on any atom is -0.479 e. The van der Waals surface area contributed by atoms with Gasteiger partial charge in [-0.2, -0.15) is 0 Å². The van der Waals surface area contributed by atoms with Crippen LogP contribution < -0.4 is 0 Å². The molecule has 1 amide bonds. The van der Waals surface area contributed by atoms with Crippen molar-refractivity contribution in [1.29, 1.82) is 0 Å². The third-order valence-electron chi connectivity index (χ3n) is 2.95. The number of hydrogen-bond acceptors (Lipinski definition) is 3. The van der Waals surface area contributed by atoms with Crippen LogP contribution >= 0.6 is 0 Å². The molecule has 0 aliphatic carbocycles. The molecule has 1 atom stereocenters. The summed E-state index contributed by atoms with van der Waals surface area (Å²) in [6, 6.07) is 9.26. The molecule has 5 nitrogen and oxygen atoms in total. The number of rotatable bonds is 3. The summed E-state index contributed by atoms with van der Waals surface area (Å²) in [4.78, 5) is 24.0. The van der Waals surface area contributed by atoms with Crippen molar-refractivity contribution < 1.29 is 19.8 Å². The van der Waals surface area contributed by atoms with Crippen LogP contribution in [0.5, 0.6) is 0 Å². The summed E-state index contributed by atoms with van der Waals surface area (Å²) < 4.78 is 0. The van der Waals surface area contributed by atoms with Gasteiger partial charge < -0.3 is 15.1 Å². The predicted octanol–water partition coefficient (Wildman–Crippen LogP) is 0.235. The van der Waals surface area contributed by atoms with Crippen molar-refractivity contribution in [3.05, 3.63) is 35.9 Å². The molecule has 1 heterocycles. The van der Waals surface area contributed by atoms with Crippen molar-refractivity contribution in [2.24, 2.45) is 0 Å². The fourth-order valence-electron chi connectivity index (χ4n) is 1.92. The molecule has 0 spiro atoms. The molecule has 2 rings (SSSR count). The van der Waals surface area contributed by atoms with Crippen LogP contribution in [0.4, 0.5) is 0 Å². The Morgan fingerprint density at radius 3 is 2.53 bits per heavy atom. The molecule has 0 saturated carbocycles. The van der Waals surface area contributed by atoms with E-state index in [1.54, 1.807) is 0 Å². The first kappa shape index (κ1) is 11.6. The van der Waals surface area contributed by atoms with E-state index in [4.69, 9.17) is 5.11 Å². The van der Waals surface area contributed by atoms with Gasteiger partial charge >= 0.3 is 5.97 Å². The molecule has 0 radical (unpaired) electrons. The molecule has 5 heteroatoms. The molecule has 1 unspecified atom stereocenters. The number of carboxylic acids is 1. The number of carboxylic acid groups (broad SMARTS) is 1. The molecule has 1 fully saturated rings. The van der Waals surface area contributed by atoms with E-state index in [1.165, 1.54) is 4.90 Å². The number of likely N-dealkylation sites (tertiary alicyclic amines) is 1. The quantitative estimate of drug-likeness (QED) is 0.735. The van der Waals surface area contributed by atoms with Gasteiger partial charge in [-0.25, -0.2) is 4.79 Å². The van der Waals surface area contributed by atoms with Crippen LogP contribution in [0.1, 0.15) is 12.0 Å². The van der Waals surface area contributed by atoms with Crippen LogP contribution in [0, 0.1) is 0 Å². The van der Waals surface area contributed by atoms with Gasteiger partial charge in [-0.05, 0) is 5.56 Å². The lowest BCUT2D eigenvalue weighted by Crippen LogP contribution is -2.46. The van der Waals surface area contributed by atoms with Crippen molar-refractivity contribution >= 4 is 11.9 Å². The number of carbonyl (C=O) groups excluding carboxylic acids is 1. The topological polar surface area (TPSA) is 77.8 Å². The fraction of sp³-hybridized carbons (Fsp3) is 0.333. The highest BCUT2D eigenvalue weighted by Gasteiger charge is 2.51. The molecule has 0 aromatic heterocycles. The van der Waals surface area contributed by atoms with Crippen LogP contribution in [-0.4, -0.2) is 39.1 Å². The Balaban J connectivity index is 2.11. The third-order valence-corrected chi connectivity index (χ3v) is 2.95. The molecule has 0 bridgehead atoms. The normalized spacial score (nSPS) is 24.1. The number of aliphatic hydroxyl groups is 1. The van der Waals surface area contributed by atoms with E-state index in [9.17, 15) is 14.7 Å². The van der Waals surface area contributed by atoms with Crippen LogP contribution in [0.3, 0.4) is 0 Å². The summed E-state index contributed by atoms with van der Waals surface area (Å²) in [5.41, 5.74) is -1.33. The maximum absolute atomic E-state index is 11.8. The second-order valence-electron chi connectivity index (χ2n) is 4.13. The van der Waals surface area contributed by atoms with Crippen LogP contribution in [0.15, 0.2) is 30.3 Å². The Kier molecular flexibility index (Phi) is 2.85. The van der Waals surface area contributed by atoms with Gasteiger partial charge in [0, 0.05) is 19.5 Å². The zero-order chi connectivity index (χ0) is 12.5. The SMILES string of the molecule is O=C(O)C1(O)CCN(Cc2ccccc2)C1=O. The summed E-state index contributed by atoms with van der Waals surface area (Å²) in [7, 11) is 0. The van der Waals surface area contributed by atoms with E-state index >= 15 is 0 Å². The number of benzene rings is 1. The molecule has 1 aliphatic heterocycles. The molecule has 1 aromatic rings. The van der Waals surface area contributed by atoms with E-state index in [-0.39, 0.29) is 13.0 Å². The monoisotopic (exact) mass is 235 g/mol. The number of amides is 1. The van der Waals surface area contributed by atoms with Gasteiger partial charge in [0.15, 0.2) is 0 Å². The third kappa shape index (κ3) is 2.01. The van der Waals surface area contributed by atoms with Gasteiger partial charge in [0.1, 0.15) is 0 Å². The fourth-order valence-corrected chi connectivity index (χ4v) is 1.92. The first-order chi connectivity index (χ1) is 8.04. The minimum atomic E-state index is -2.24. The van der Waals surface area contributed by atoms with E-state index in [0.29, 0.717) is 6.54 Å². The summed E-state index contributed by atoms with van der Waals surface area (Å²) in [5.74, 6) is -2.20. The van der Waals surface area contributed by atoms with Crippen molar-refractivity contribution in [2.75, 3.05) is 6.54 Å². The highest BCUT2D eigenvalue weighted by Crippen LogP contribution is 2.24. The lowest BCUT2D eigenvalue weighted by molar-refractivity contribution is -0.166. The first-order valence-corrected chi connectivity index (χ1v) is 5.33. The zero-order valence-electron chi connectivity index (χ0n) is 9.17. The molecule has 1 aromatic carbocycles. The van der Waals surface area contributed by atoms with Crippen molar-refractivity contribution in [2.45, 2.75) is 18.6 Å². The lowest BCUT2D eigenvalue weighted by Gasteiger charge is -2.18. The smallest absolute Gasteiger partial charge is 0.345 e. The van der Waals surface area contributed by atoms with Gasteiger partial charge in [0.2, 0.25) is 5.60 Å². The zero-order valence-corrected chi connectivity index (χ0v) is 9.17. The highest BCUT2D eigenvalue weighted by molar-refractivity contribution is 6.06. The molecule has 90 valence electrons. The maximum atomic E-state index is 11.8. The molecule has 1 aliphatic rings. The second kappa shape index (κ2) is 4.18. The van der Waals surface area contributed by atoms with Gasteiger partial charge in [-0.15, -0.1) is 0 Å². The summed E-state index contributed by atoms with van der Waals surface area (Å²) in [6.45, 7) is 0.589. The molecule has 2 N–H and O–H groups in total. The summed E-state index contributed by atoms with van der Waals surface area (Å²) >= 11 is 0. The van der Waals surface area contributed by atoms with E-state index in [1.807, 2.05) is 30.3 Å². The Morgan fingerprint density at radius 2 is 2.00 bits per heavy atom. The summed E-state index contributed by atoms with van der Waals surface area (Å²) in [6.07, 6.45) is -0.0615. The Bertz CT molecular complexity index is 445. The number of hydrogen-bond donors (Lipinski definition) is 2. The van der Waals surface area contributed by atoms with E-state index in [2.05, 4.69) is 0 Å². The molecular formula is C12H13NO4.